The SMILES string of the molecule is Cc1ccc(N(CC(=O)N2CCN(C)CC2)S(=O)(=O)c2ccccc2)cc1Cl. The van der Waals surface area contributed by atoms with Crippen molar-refractivity contribution in [3.8, 4) is 0 Å². The Kier molecular flexibility index (Phi) is 6.27. The van der Waals surface area contributed by atoms with Crippen LogP contribution in [0.5, 0.6) is 0 Å². The lowest BCUT2D eigenvalue weighted by Crippen LogP contribution is -2.50. The Bertz CT molecular complexity index is 942. The predicted octanol–water partition coefficient (Wildman–Crippen LogP) is 2.62. The molecule has 0 bridgehead atoms. The van der Waals surface area contributed by atoms with Crippen molar-refractivity contribution < 1.29 is 13.2 Å². The number of hydrogen-bond donors (Lipinski definition) is 0. The minimum absolute atomic E-state index is 0.137. The molecule has 1 aliphatic rings. The van der Waals surface area contributed by atoms with Crippen LogP contribution in [0.3, 0.4) is 0 Å². The van der Waals surface area contributed by atoms with E-state index in [0.29, 0.717) is 23.8 Å². The first-order valence-electron chi connectivity index (χ1n) is 9.09. The van der Waals surface area contributed by atoms with Gasteiger partial charge in [-0.2, -0.15) is 0 Å². The zero-order valence-corrected chi connectivity index (χ0v) is 17.6. The highest BCUT2D eigenvalue weighted by molar-refractivity contribution is 7.92. The average Bonchev–Trinajstić information content (AvgIpc) is 2.69. The normalized spacial score (nSPS) is 15.5. The molecule has 6 nitrogen and oxygen atoms in total. The number of aryl methyl sites for hydroxylation is 1. The predicted molar refractivity (Wildman–Crippen MR) is 111 cm³/mol. The fourth-order valence-electron chi connectivity index (χ4n) is 3.05. The minimum atomic E-state index is -3.91. The molecule has 1 aliphatic heterocycles. The van der Waals surface area contributed by atoms with Crippen molar-refractivity contribution >= 4 is 33.2 Å². The molecule has 1 amide bonds. The van der Waals surface area contributed by atoms with Gasteiger partial charge < -0.3 is 9.80 Å². The maximum absolute atomic E-state index is 13.3. The topological polar surface area (TPSA) is 60.9 Å². The highest BCUT2D eigenvalue weighted by Gasteiger charge is 2.30. The van der Waals surface area contributed by atoms with Crippen molar-refractivity contribution in [2.45, 2.75) is 11.8 Å². The minimum Gasteiger partial charge on any atom is -0.339 e. The van der Waals surface area contributed by atoms with Crippen LogP contribution in [0.2, 0.25) is 5.02 Å². The number of piperazine rings is 1. The fraction of sp³-hybridized carbons (Fsp3) is 0.350. The molecule has 0 saturated carbocycles. The van der Waals surface area contributed by atoms with Crippen LogP contribution in [-0.2, 0) is 14.8 Å². The third-order valence-electron chi connectivity index (χ3n) is 4.91. The maximum atomic E-state index is 13.3. The summed E-state index contributed by atoms with van der Waals surface area (Å²) in [6.07, 6.45) is 0. The molecule has 0 radical (unpaired) electrons. The summed E-state index contributed by atoms with van der Waals surface area (Å²) < 4.78 is 27.8. The van der Waals surface area contributed by atoms with E-state index < -0.39 is 10.0 Å². The number of hydrogen-bond acceptors (Lipinski definition) is 4. The van der Waals surface area contributed by atoms with Gasteiger partial charge in [-0.25, -0.2) is 8.42 Å². The van der Waals surface area contributed by atoms with Crippen molar-refractivity contribution in [2.75, 3.05) is 44.1 Å². The van der Waals surface area contributed by atoms with E-state index in [1.807, 2.05) is 14.0 Å². The second kappa shape index (κ2) is 8.51. The number of amides is 1. The zero-order valence-electron chi connectivity index (χ0n) is 16.0. The molecular weight excluding hydrogens is 398 g/mol. The number of benzene rings is 2. The number of nitrogens with zero attached hydrogens (tertiary/aromatic N) is 3. The smallest absolute Gasteiger partial charge is 0.264 e. The quantitative estimate of drug-likeness (QED) is 0.744. The first kappa shape index (κ1) is 20.6. The lowest BCUT2D eigenvalue weighted by atomic mass is 10.2. The van der Waals surface area contributed by atoms with Gasteiger partial charge in [-0.15, -0.1) is 0 Å². The summed E-state index contributed by atoms with van der Waals surface area (Å²) in [5, 5.41) is 0.456. The first-order valence-corrected chi connectivity index (χ1v) is 10.9. The van der Waals surface area contributed by atoms with Crippen LogP contribution >= 0.6 is 11.6 Å². The average molecular weight is 422 g/mol. The van der Waals surface area contributed by atoms with E-state index in [4.69, 9.17) is 11.6 Å². The van der Waals surface area contributed by atoms with Crippen LogP contribution in [0.1, 0.15) is 5.56 Å². The van der Waals surface area contributed by atoms with Gasteiger partial charge in [0.1, 0.15) is 6.54 Å². The number of likely N-dealkylation sites (N-methyl/N-ethyl adjacent to an activating group) is 1. The molecule has 0 spiro atoms. The molecule has 2 aromatic carbocycles. The van der Waals surface area contributed by atoms with Gasteiger partial charge in [0, 0.05) is 31.2 Å². The molecule has 0 unspecified atom stereocenters. The number of carbonyl (C=O) groups is 1. The van der Waals surface area contributed by atoms with Crippen LogP contribution in [-0.4, -0.2) is 63.9 Å². The molecule has 0 atom stereocenters. The van der Waals surface area contributed by atoms with Crippen molar-refractivity contribution in [1.82, 2.24) is 9.80 Å². The van der Waals surface area contributed by atoms with Gasteiger partial charge in [0.05, 0.1) is 10.6 Å². The number of halogens is 1. The van der Waals surface area contributed by atoms with Crippen LogP contribution in [0, 0.1) is 6.92 Å². The Balaban J connectivity index is 1.95. The second-order valence-electron chi connectivity index (χ2n) is 6.94. The van der Waals surface area contributed by atoms with Gasteiger partial charge in [0.2, 0.25) is 5.91 Å². The lowest BCUT2D eigenvalue weighted by molar-refractivity contribution is -0.131. The largest absolute Gasteiger partial charge is 0.339 e. The van der Waals surface area contributed by atoms with E-state index in [1.165, 1.54) is 12.1 Å². The van der Waals surface area contributed by atoms with E-state index >= 15 is 0 Å². The molecule has 0 N–H and O–H groups in total. The molecule has 1 saturated heterocycles. The summed E-state index contributed by atoms with van der Waals surface area (Å²) >= 11 is 6.23. The first-order chi connectivity index (χ1) is 13.3. The Morgan fingerprint density at radius 1 is 1.07 bits per heavy atom. The summed E-state index contributed by atoms with van der Waals surface area (Å²) in [5.41, 5.74) is 1.22. The lowest BCUT2D eigenvalue weighted by Gasteiger charge is -2.34. The van der Waals surface area contributed by atoms with Gasteiger partial charge in [0.25, 0.3) is 10.0 Å². The van der Waals surface area contributed by atoms with Crippen molar-refractivity contribution in [2.24, 2.45) is 0 Å². The van der Waals surface area contributed by atoms with E-state index in [-0.39, 0.29) is 17.3 Å². The van der Waals surface area contributed by atoms with Crippen molar-refractivity contribution in [3.63, 3.8) is 0 Å². The van der Waals surface area contributed by atoms with Gasteiger partial charge in [-0.1, -0.05) is 35.9 Å². The molecule has 1 fully saturated rings. The van der Waals surface area contributed by atoms with Gasteiger partial charge >= 0.3 is 0 Å². The van der Waals surface area contributed by atoms with Crippen molar-refractivity contribution in [3.05, 3.63) is 59.1 Å². The third-order valence-corrected chi connectivity index (χ3v) is 7.10. The summed E-state index contributed by atoms with van der Waals surface area (Å²) in [4.78, 5) is 16.9. The number of carbonyl (C=O) groups excluding carboxylic acids is 1. The maximum Gasteiger partial charge on any atom is 0.264 e. The van der Waals surface area contributed by atoms with Crippen LogP contribution < -0.4 is 4.31 Å². The van der Waals surface area contributed by atoms with Gasteiger partial charge in [-0.05, 0) is 43.8 Å². The van der Waals surface area contributed by atoms with Gasteiger partial charge in [0.15, 0.2) is 0 Å². The summed E-state index contributed by atoms with van der Waals surface area (Å²) in [7, 11) is -1.91. The summed E-state index contributed by atoms with van der Waals surface area (Å²) in [5.74, 6) is -0.218. The molecule has 0 aliphatic carbocycles. The van der Waals surface area contributed by atoms with E-state index in [9.17, 15) is 13.2 Å². The number of anilines is 1. The van der Waals surface area contributed by atoms with Gasteiger partial charge in [-0.3, -0.25) is 9.10 Å². The molecule has 2 aromatic rings. The fourth-order valence-corrected chi connectivity index (χ4v) is 4.65. The number of rotatable bonds is 5. The monoisotopic (exact) mass is 421 g/mol. The Morgan fingerprint density at radius 2 is 1.71 bits per heavy atom. The van der Waals surface area contributed by atoms with Crippen LogP contribution in [0.25, 0.3) is 0 Å². The number of sulfonamides is 1. The zero-order chi connectivity index (χ0) is 20.3. The molecular formula is C20H24ClN3O3S. The Hall–Kier alpha value is -2.09. The molecule has 0 aromatic heterocycles. The third kappa shape index (κ3) is 4.48. The molecule has 28 heavy (non-hydrogen) atoms. The van der Waals surface area contributed by atoms with Crippen molar-refractivity contribution in [1.29, 1.82) is 0 Å². The van der Waals surface area contributed by atoms with E-state index in [0.717, 1.165) is 23.0 Å². The standard InChI is InChI=1S/C20H24ClN3O3S/c1-16-8-9-17(14-19(16)21)24(28(26,27)18-6-4-3-5-7-18)15-20(25)23-12-10-22(2)11-13-23/h3-9,14H,10-13,15H2,1-2H3. The Morgan fingerprint density at radius 3 is 2.32 bits per heavy atom. The molecule has 1 heterocycles. The molecule has 150 valence electrons. The summed E-state index contributed by atoms with van der Waals surface area (Å²) in [6.45, 7) is 4.30. The van der Waals surface area contributed by atoms with Crippen LogP contribution in [0.15, 0.2) is 53.4 Å². The van der Waals surface area contributed by atoms with E-state index in [1.54, 1.807) is 41.3 Å². The Labute approximate surface area is 171 Å². The highest BCUT2D eigenvalue weighted by atomic mass is 35.5. The molecule has 8 heteroatoms. The second-order valence-corrected chi connectivity index (χ2v) is 9.21. The molecule has 3 rings (SSSR count). The van der Waals surface area contributed by atoms with E-state index in [2.05, 4.69) is 4.90 Å². The van der Waals surface area contributed by atoms with Crippen LogP contribution in [0.4, 0.5) is 5.69 Å². The summed E-state index contributed by atoms with van der Waals surface area (Å²) in [6, 6.07) is 13.2. The highest BCUT2D eigenvalue weighted by Crippen LogP contribution is 2.28.